The molecule has 3 aromatic rings. The van der Waals surface area contributed by atoms with Gasteiger partial charge in [0.15, 0.2) is 17.4 Å². The zero-order valence-corrected chi connectivity index (χ0v) is 20.0. The van der Waals surface area contributed by atoms with Gasteiger partial charge >= 0.3 is 0 Å². The molecule has 9 heteroatoms. The van der Waals surface area contributed by atoms with Crippen molar-refractivity contribution < 1.29 is 4.79 Å². The highest BCUT2D eigenvalue weighted by Gasteiger charge is 2.25. The fourth-order valence-electron chi connectivity index (χ4n) is 2.89. The predicted octanol–water partition coefficient (Wildman–Crippen LogP) is 4.90. The van der Waals surface area contributed by atoms with E-state index in [0.29, 0.717) is 33.7 Å². The topological polar surface area (TPSA) is 122 Å². The normalized spacial score (nSPS) is 13.2. The van der Waals surface area contributed by atoms with E-state index in [2.05, 4.69) is 46.7 Å². The summed E-state index contributed by atoms with van der Waals surface area (Å²) in [4.78, 5) is 20.9. The Morgan fingerprint density at radius 1 is 1.28 bits per heavy atom. The molecule has 168 valence electrons. The second-order valence-electron chi connectivity index (χ2n) is 7.28. The molecule has 0 unspecified atom stereocenters. The zero-order valence-electron chi connectivity index (χ0n) is 18.4. The smallest absolute Gasteiger partial charge is 0.225 e. The van der Waals surface area contributed by atoms with Gasteiger partial charge in [-0.15, -0.1) is 0 Å². The molecule has 2 heterocycles. The number of nitrogens with zero attached hydrogens (tertiary/aromatic N) is 3. The van der Waals surface area contributed by atoms with E-state index in [1.54, 1.807) is 6.20 Å². The van der Waals surface area contributed by atoms with E-state index in [1.165, 1.54) is 18.9 Å². The molecule has 0 radical (unpaired) electrons. The Hall–Kier alpha value is -3.20. The van der Waals surface area contributed by atoms with Gasteiger partial charge in [0.2, 0.25) is 5.95 Å². The molecule has 0 bridgehead atoms. The van der Waals surface area contributed by atoms with Crippen LogP contribution >= 0.6 is 15.9 Å². The number of aromatic amines is 1. The molecule has 0 atom stereocenters. The van der Waals surface area contributed by atoms with Crippen LogP contribution in [0, 0.1) is 6.92 Å². The minimum atomic E-state index is -0.171. The average molecular weight is 498 g/mol. The quantitative estimate of drug-likeness (QED) is 0.326. The van der Waals surface area contributed by atoms with Crippen molar-refractivity contribution in [2.75, 3.05) is 17.2 Å². The van der Waals surface area contributed by atoms with Gasteiger partial charge in [0.05, 0.1) is 11.0 Å². The number of halogens is 1. The van der Waals surface area contributed by atoms with Crippen molar-refractivity contribution in [2.45, 2.75) is 39.5 Å². The van der Waals surface area contributed by atoms with Gasteiger partial charge in [0.25, 0.3) is 0 Å². The van der Waals surface area contributed by atoms with Crippen molar-refractivity contribution in [2.24, 2.45) is 5.73 Å². The molecule has 0 aliphatic heterocycles. The zero-order chi connectivity index (χ0) is 23.1. The van der Waals surface area contributed by atoms with Gasteiger partial charge in [0.1, 0.15) is 0 Å². The van der Waals surface area contributed by atoms with E-state index in [0.717, 1.165) is 16.8 Å². The Bertz CT molecular complexity index is 1090. The number of nitrogens with one attached hydrogen (secondary N) is 3. The van der Waals surface area contributed by atoms with Gasteiger partial charge in [0, 0.05) is 35.6 Å². The first-order valence-electron chi connectivity index (χ1n) is 10.6. The molecule has 0 spiro atoms. The summed E-state index contributed by atoms with van der Waals surface area (Å²) in [6.45, 7) is 6.03. The number of aryl methyl sites for hydroxylation is 1. The SMILES string of the molecule is CC.Cc1ccc(/C(N)=C/C(=O)CNc2ncc(Br)c(Nc3cc(C4CC4)[nH]n3)n2)cc1. The van der Waals surface area contributed by atoms with Gasteiger partial charge < -0.3 is 16.4 Å². The maximum atomic E-state index is 12.3. The van der Waals surface area contributed by atoms with E-state index in [9.17, 15) is 4.79 Å². The minimum absolute atomic E-state index is 0.0296. The first-order valence-corrected chi connectivity index (χ1v) is 11.4. The average Bonchev–Trinajstić information content (AvgIpc) is 3.55. The summed E-state index contributed by atoms with van der Waals surface area (Å²) in [7, 11) is 0. The minimum Gasteiger partial charge on any atom is -0.398 e. The number of carbonyl (C=O) groups excluding carboxylic acids is 1. The molecule has 1 aliphatic rings. The third kappa shape index (κ3) is 6.40. The number of carbonyl (C=O) groups is 1. The number of anilines is 3. The van der Waals surface area contributed by atoms with Crippen LogP contribution in [0.15, 0.2) is 47.1 Å². The van der Waals surface area contributed by atoms with Crippen LogP contribution in [0.5, 0.6) is 0 Å². The molecule has 0 saturated heterocycles. The summed E-state index contributed by atoms with van der Waals surface area (Å²) in [5.41, 5.74) is 9.52. The summed E-state index contributed by atoms with van der Waals surface area (Å²) < 4.78 is 0.693. The van der Waals surface area contributed by atoms with Gasteiger partial charge in [-0.1, -0.05) is 43.7 Å². The fourth-order valence-corrected chi connectivity index (χ4v) is 3.18. The first-order chi connectivity index (χ1) is 15.5. The maximum absolute atomic E-state index is 12.3. The van der Waals surface area contributed by atoms with Gasteiger partial charge in [-0.05, 0) is 41.3 Å². The molecule has 0 amide bonds. The fraction of sp³-hybridized carbons (Fsp3) is 0.304. The number of benzene rings is 1. The molecular weight excluding hydrogens is 470 g/mol. The Morgan fingerprint density at radius 2 is 2.00 bits per heavy atom. The second kappa shape index (κ2) is 10.9. The lowest BCUT2D eigenvalue weighted by molar-refractivity contribution is -0.113. The lowest BCUT2D eigenvalue weighted by Crippen LogP contribution is -2.15. The molecule has 1 fully saturated rings. The molecule has 4 rings (SSSR count). The van der Waals surface area contributed by atoms with Crippen LogP contribution in [0.3, 0.4) is 0 Å². The Kier molecular flexibility index (Phi) is 7.99. The third-order valence-electron chi connectivity index (χ3n) is 4.73. The number of hydrogen-bond donors (Lipinski definition) is 4. The second-order valence-corrected chi connectivity index (χ2v) is 8.14. The monoisotopic (exact) mass is 497 g/mol. The molecule has 8 nitrogen and oxygen atoms in total. The van der Waals surface area contributed by atoms with Crippen LogP contribution in [0.1, 0.15) is 49.4 Å². The molecule has 2 aromatic heterocycles. The van der Waals surface area contributed by atoms with Crippen LogP contribution in [0.4, 0.5) is 17.6 Å². The Balaban J connectivity index is 0.00000141. The number of hydrogen-bond acceptors (Lipinski definition) is 7. The molecule has 1 aliphatic carbocycles. The van der Waals surface area contributed by atoms with Gasteiger partial charge in [-0.3, -0.25) is 9.89 Å². The number of rotatable bonds is 8. The number of nitrogens with two attached hydrogens (primary N) is 1. The van der Waals surface area contributed by atoms with Crippen LogP contribution in [-0.4, -0.2) is 32.5 Å². The van der Waals surface area contributed by atoms with Crippen LogP contribution in [-0.2, 0) is 4.79 Å². The van der Waals surface area contributed by atoms with E-state index >= 15 is 0 Å². The summed E-state index contributed by atoms with van der Waals surface area (Å²) in [6.07, 6.45) is 5.43. The van der Waals surface area contributed by atoms with Crippen LogP contribution in [0.25, 0.3) is 5.70 Å². The standard InChI is InChI=1S/C21H22BrN7O.C2H6/c1-12-2-4-13(5-3-12)17(23)8-15(30)10-24-21-25-11-16(22)20(27-21)26-19-9-18(28-29-19)14-6-7-14;1-2/h2-5,8-9,11,14H,6-7,10,23H2,1H3,(H3,24,25,26,27,28,29);1-2H3/b17-8-;. The number of aromatic nitrogens is 4. The highest BCUT2D eigenvalue weighted by molar-refractivity contribution is 9.10. The van der Waals surface area contributed by atoms with Crippen LogP contribution in [0.2, 0.25) is 0 Å². The third-order valence-corrected chi connectivity index (χ3v) is 5.31. The summed E-state index contributed by atoms with van der Waals surface area (Å²) in [6, 6.07) is 9.68. The van der Waals surface area contributed by atoms with Crippen molar-refractivity contribution in [1.82, 2.24) is 20.2 Å². The lowest BCUT2D eigenvalue weighted by atomic mass is 10.1. The largest absolute Gasteiger partial charge is 0.398 e. The lowest BCUT2D eigenvalue weighted by Gasteiger charge is -2.08. The summed E-state index contributed by atoms with van der Waals surface area (Å²) >= 11 is 3.43. The summed E-state index contributed by atoms with van der Waals surface area (Å²) in [5, 5.41) is 13.4. The molecule has 1 aromatic carbocycles. The molecular formula is C23H28BrN7O. The van der Waals surface area contributed by atoms with E-state index < -0.39 is 0 Å². The van der Waals surface area contributed by atoms with Crippen molar-refractivity contribution in [1.29, 1.82) is 0 Å². The van der Waals surface area contributed by atoms with E-state index in [1.807, 2.05) is 51.1 Å². The predicted molar refractivity (Wildman–Crippen MR) is 132 cm³/mol. The molecule has 5 N–H and O–H groups in total. The van der Waals surface area contributed by atoms with Crippen molar-refractivity contribution in [3.05, 3.63) is 63.9 Å². The van der Waals surface area contributed by atoms with Crippen molar-refractivity contribution in [3.8, 4) is 0 Å². The van der Waals surface area contributed by atoms with Crippen molar-refractivity contribution >= 4 is 45.0 Å². The Morgan fingerprint density at radius 3 is 2.69 bits per heavy atom. The Labute approximate surface area is 196 Å². The van der Waals surface area contributed by atoms with E-state index in [4.69, 9.17) is 5.73 Å². The molecule has 1 saturated carbocycles. The van der Waals surface area contributed by atoms with Crippen molar-refractivity contribution in [3.63, 3.8) is 0 Å². The highest BCUT2D eigenvalue weighted by Crippen LogP contribution is 2.39. The van der Waals surface area contributed by atoms with Crippen LogP contribution < -0.4 is 16.4 Å². The number of ketones is 1. The van der Waals surface area contributed by atoms with Gasteiger partial charge in [-0.2, -0.15) is 10.1 Å². The maximum Gasteiger partial charge on any atom is 0.225 e. The van der Waals surface area contributed by atoms with Gasteiger partial charge in [-0.25, -0.2) is 4.98 Å². The van der Waals surface area contributed by atoms with E-state index in [-0.39, 0.29) is 12.3 Å². The molecule has 32 heavy (non-hydrogen) atoms. The highest BCUT2D eigenvalue weighted by atomic mass is 79.9. The number of H-pyrrole nitrogens is 1. The first kappa shape index (κ1) is 23.5. The summed E-state index contributed by atoms with van der Waals surface area (Å²) in [5.74, 6) is 1.99.